The van der Waals surface area contributed by atoms with Crippen molar-refractivity contribution in [3.63, 3.8) is 0 Å². The zero-order valence-corrected chi connectivity index (χ0v) is 20.1. The Bertz CT molecular complexity index is 1080. The molecule has 1 aliphatic carbocycles. The maximum atomic E-state index is 12.0. The molecular formula is C26H33N3O3S. The van der Waals surface area contributed by atoms with Gasteiger partial charge in [0, 0.05) is 4.90 Å². The molecule has 0 unspecified atom stereocenters. The molecule has 4 rings (SSSR count). The molecule has 0 spiro atoms. The highest BCUT2D eigenvalue weighted by atomic mass is 32.2. The summed E-state index contributed by atoms with van der Waals surface area (Å²) in [6.07, 6.45) is 9.91. The molecule has 1 saturated carbocycles. The highest BCUT2D eigenvalue weighted by Gasteiger charge is 2.22. The Morgan fingerprint density at radius 2 is 1.82 bits per heavy atom. The molecule has 6 nitrogen and oxygen atoms in total. The fourth-order valence-corrected chi connectivity index (χ4v) is 5.21. The van der Waals surface area contributed by atoms with E-state index in [1.165, 1.54) is 29.0 Å². The van der Waals surface area contributed by atoms with Crippen LogP contribution in [0, 0.1) is 12.8 Å². The summed E-state index contributed by atoms with van der Waals surface area (Å²) in [5, 5.41) is 19.2. The lowest BCUT2D eigenvalue weighted by atomic mass is 9.89. The fraction of sp³-hybridized carbons (Fsp3) is 0.500. The lowest BCUT2D eigenvalue weighted by Gasteiger charge is -2.19. The summed E-state index contributed by atoms with van der Waals surface area (Å²) in [4.78, 5) is 14.7. The number of hydrogen-bond acceptors (Lipinski definition) is 6. The summed E-state index contributed by atoms with van der Waals surface area (Å²) >= 11 is 1.82. The minimum atomic E-state index is 0.0233. The Morgan fingerprint density at radius 3 is 2.67 bits per heavy atom. The maximum Gasteiger partial charge on any atom is 0.308 e. The number of nitrogens with zero attached hydrogens (tertiary/aromatic N) is 3. The zero-order chi connectivity index (χ0) is 23.0. The van der Waals surface area contributed by atoms with Gasteiger partial charge in [-0.2, -0.15) is 0 Å². The van der Waals surface area contributed by atoms with E-state index in [1.807, 2.05) is 36.9 Å². The van der Waals surface area contributed by atoms with Crippen molar-refractivity contribution < 1.29 is 14.6 Å². The first-order valence-corrected chi connectivity index (χ1v) is 13.1. The molecule has 176 valence electrons. The van der Waals surface area contributed by atoms with Crippen molar-refractivity contribution in [2.24, 2.45) is 5.92 Å². The molecule has 1 fully saturated rings. The van der Waals surface area contributed by atoms with Crippen LogP contribution in [0.5, 0.6) is 5.75 Å². The number of ether oxygens (including phenoxy) is 1. The Morgan fingerprint density at radius 1 is 1.03 bits per heavy atom. The zero-order valence-electron chi connectivity index (χ0n) is 19.3. The standard InChI is InChI=1S/C26H33N3O3S/c1-19-11-14-25(30)24(17-19)29-27-22-13-12-21(18-23(22)28-29)33-16-8-3-2-7-15-32-26(31)20-9-5-4-6-10-20/h11-14,17-18,20,30H,2-10,15-16H2,1H3. The number of thioether (sulfide) groups is 1. The number of esters is 1. The number of phenols is 1. The Hall–Kier alpha value is -2.54. The molecule has 2 aromatic carbocycles. The van der Waals surface area contributed by atoms with Crippen LogP contribution < -0.4 is 0 Å². The van der Waals surface area contributed by atoms with Crippen LogP contribution >= 0.6 is 11.8 Å². The smallest absolute Gasteiger partial charge is 0.308 e. The number of unbranched alkanes of at least 4 members (excludes halogenated alkanes) is 3. The van der Waals surface area contributed by atoms with Gasteiger partial charge in [0.2, 0.25) is 0 Å². The molecular weight excluding hydrogens is 434 g/mol. The van der Waals surface area contributed by atoms with Crippen LogP contribution in [-0.4, -0.2) is 38.4 Å². The SMILES string of the molecule is Cc1ccc(O)c(-n2nc3ccc(SCCCCCCOC(=O)C4CCCCC4)cc3n2)c1. The lowest BCUT2D eigenvalue weighted by Crippen LogP contribution is -2.20. The summed E-state index contributed by atoms with van der Waals surface area (Å²) in [5.74, 6) is 1.38. The van der Waals surface area contributed by atoms with Gasteiger partial charge >= 0.3 is 5.97 Å². The number of fused-ring (bicyclic) bond motifs is 1. The molecule has 0 aliphatic heterocycles. The predicted molar refractivity (Wildman–Crippen MR) is 132 cm³/mol. The fourth-order valence-electron chi connectivity index (χ4n) is 4.26. The largest absolute Gasteiger partial charge is 0.506 e. The van der Waals surface area contributed by atoms with E-state index in [2.05, 4.69) is 22.3 Å². The van der Waals surface area contributed by atoms with E-state index >= 15 is 0 Å². The van der Waals surface area contributed by atoms with Crippen molar-refractivity contribution in [3.8, 4) is 11.4 Å². The minimum Gasteiger partial charge on any atom is -0.506 e. The van der Waals surface area contributed by atoms with Gasteiger partial charge in [-0.05, 0) is 74.3 Å². The number of benzene rings is 2. The van der Waals surface area contributed by atoms with Crippen molar-refractivity contribution in [1.82, 2.24) is 15.0 Å². The van der Waals surface area contributed by atoms with Gasteiger partial charge in [0.05, 0.1) is 12.5 Å². The first kappa shape index (κ1) is 23.6. The van der Waals surface area contributed by atoms with E-state index in [-0.39, 0.29) is 17.6 Å². The number of carbonyl (C=O) groups excluding carboxylic acids is 1. The van der Waals surface area contributed by atoms with Crippen LogP contribution in [0.2, 0.25) is 0 Å². The first-order chi connectivity index (χ1) is 16.1. The molecule has 1 aromatic heterocycles. The lowest BCUT2D eigenvalue weighted by molar-refractivity contribution is -0.149. The first-order valence-electron chi connectivity index (χ1n) is 12.1. The average molecular weight is 468 g/mol. The third-order valence-electron chi connectivity index (χ3n) is 6.19. The summed E-state index contributed by atoms with van der Waals surface area (Å²) in [6.45, 7) is 2.54. The molecule has 33 heavy (non-hydrogen) atoms. The minimum absolute atomic E-state index is 0.0233. The van der Waals surface area contributed by atoms with Gasteiger partial charge in [-0.1, -0.05) is 38.2 Å². The number of hydrogen-bond donors (Lipinski definition) is 1. The van der Waals surface area contributed by atoms with Crippen molar-refractivity contribution in [3.05, 3.63) is 42.0 Å². The Labute approximate surface area is 199 Å². The molecule has 1 N–H and O–H groups in total. The molecule has 3 aromatic rings. The van der Waals surface area contributed by atoms with Gasteiger partial charge in [0.15, 0.2) is 0 Å². The second-order valence-electron chi connectivity index (χ2n) is 8.90. The second-order valence-corrected chi connectivity index (χ2v) is 10.1. The van der Waals surface area contributed by atoms with Crippen molar-refractivity contribution in [2.75, 3.05) is 12.4 Å². The summed E-state index contributed by atoms with van der Waals surface area (Å²) in [5.41, 5.74) is 3.26. The Kier molecular flexibility index (Phi) is 8.26. The summed E-state index contributed by atoms with van der Waals surface area (Å²) in [6, 6.07) is 11.5. The highest BCUT2D eigenvalue weighted by Crippen LogP contribution is 2.27. The maximum absolute atomic E-state index is 12.0. The molecule has 0 amide bonds. The summed E-state index contributed by atoms with van der Waals surface area (Å²) < 4.78 is 5.47. The monoisotopic (exact) mass is 467 g/mol. The van der Waals surface area contributed by atoms with Crippen molar-refractivity contribution >= 4 is 28.8 Å². The van der Waals surface area contributed by atoms with Crippen LogP contribution in [0.25, 0.3) is 16.7 Å². The second kappa shape index (κ2) is 11.5. The number of aromatic hydroxyl groups is 1. The van der Waals surface area contributed by atoms with Crippen LogP contribution in [0.1, 0.15) is 63.4 Å². The number of aromatic nitrogens is 3. The molecule has 1 heterocycles. The topological polar surface area (TPSA) is 77.2 Å². The normalized spacial score (nSPS) is 14.6. The van der Waals surface area contributed by atoms with Crippen LogP contribution in [-0.2, 0) is 9.53 Å². The van der Waals surface area contributed by atoms with Gasteiger partial charge in [0.1, 0.15) is 22.5 Å². The molecule has 1 aliphatic rings. The van der Waals surface area contributed by atoms with Crippen LogP contribution in [0.15, 0.2) is 41.3 Å². The quantitative estimate of drug-likeness (QED) is 0.217. The van der Waals surface area contributed by atoms with E-state index in [0.29, 0.717) is 12.3 Å². The third kappa shape index (κ3) is 6.50. The third-order valence-corrected chi connectivity index (χ3v) is 7.27. The van der Waals surface area contributed by atoms with Gasteiger partial charge in [0.25, 0.3) is 0 Å². The van der Waals surface area contributed by atoms with Gasteiger partial charge in [-0.25, -0.2) is 0 Å². The molecule has 7 heteroatoms. The van der Waals surface area contributed by atoms with Crippen LogP contribution in [0.4, 0.5) is 0 Å². The van der Waals surface area contributed by atoms with E-state index < -0.39 is 0 Å². The van der Waals surface area contributed by atoms with Gasteiger partial charge in [-0.15, -0.1) is 26.8 Å². The molecule has 0 atom stereocenters. The summed E-state index contributed by atoms with van der Waals surface area (Å²) in [7, 11) is 0. The number of phenolic OH excluding ortho intramolecular Hbond substituents is 1. The van der Waals surface area contributed by atoms with Crippen LogP contribution in [0.3, 0.4) is 0 Å². The number of carbonyl (C=O) groups is 1. The van der Waals surface area contributed by atoms with E-state index in [4.69, 9.17) is 4.74 Å². The van der Waals surface area contributed by atoms with Crippen molar-refractivity contribution in [1.29, 1.82) is 0 Å². The average Bonchev–Trinajstić information content (AvgIpc) is 3.26. The van der Waals surface area contributed by atoms with E-state index in [9.17, 15) is 9.90 Å². The van der Waals surface area contributed by atoms with Gasteiger partial charge < -0.3 is 9.84 Å². The van der Waals surface area contributed by atoms with Gasteiger partial charge in [-0.3, -0.25) is 4.79 Å². The number of aryl methyl sites for hydroxylation is 1. The van der Waals surface area contributed by atoms with Crippen molar-refractivity contribution in [2.45, 2.75) is 69.6 Å². The molecule has 0 bridgehead atoms. The Balaban J connectivity index is 1.17. The highest BCUT2D eigenvalue weighted by molar-refractivity contribution is 7.99. The molecule has 0 saturated heterocycles. The molecule has 0 radical (unpaired) electrons. The van der Waals surface area contributed by atoms with E-state index in [1.54, 1.807) is 6.07 Å². The predicted octanol–water partition coefficient (Wildman–Crippen LogP) is 6.21. The number of rotatable bonds is 10. The van der Waals surface area contributed by atoms with E-state index in [0.717, 1.165) is 60.9 Å².